The van der Waals surface area contributed by atoms with E-state index in [0.29, 0.717) is 33.0 Å². The van der Waals surface area contributed by atoms with Gasteiger partial charge in [0.1, 0.15) is 0 Å². The van der Waals surface area contributed by atoms with Crippen LogP contribution >= 0.6 is 0 Å². The molecule has 5 heteroatoms. The number of hydrogen-bond donors (Lipinski definition) is 1. The summed E-state index contributed by atoms with van der Waals surface area (Å²) in [6.07, 6.45) is 4.32. The van der Waals surface area contributed by atoms with Crippen LogP contribution in [0.15, 0.2) is 0 Å². The van der Waals surface area contributed by atoms with Gasteiger partial charge in [0.15, 0.2) is 0 Å². The molecule has 0 aromatic carbocycles. The van der Waals surface area contributed by atoms with Crippen LogP contribution in [0.4, 0.5) is 0 Å². The van der Waals surface area contributed by atoms with Gasteiger partial charge in [-0.15, -0.1) is 0 Å². The Bertz CT molecular complexity index is 220. The van der Waals surface area contributed by atoms with Crippen molar-refractivity contribution in [3.63, 3.8) is 0 Å². The number of nitrogens with two attached hydrogens (primary N) is 1. The summed E-state index contributed by atoms with van der Waals surface area (Å²) in [5.41, 5.74) is 5.97. The predicted molar refractivity (Wildman–Crippen MR) is 78.9 cm³/mol. The van der Waals surface area contributed by atoms with Crippen LogP contribution in [0, 0.1) is 5.41 Å². The first-order chi connectivity index (χ1) is 9.83. The molecule has 0 spiro atoms. The van der Waals surface area contributed by atoms with E-state index in [1.54, 1.807) is 0 Å². The molecule has 120 valence electrons. The summed E-state index contributed by atoms with van der Waals surface area (Å²) in [5.74, 6) is 0. The van der Waals surface area contributed by atoms with Crippen molar-refractivity contribution in [1.29, 1.82) is 0 Å². The van der Waals surface area contributed by atoms with Gasteiger partial charge in [0.25, 0.3) is 0 Å². The summed E-state index contributed by atoms with van der Waals surface area (Å²) in [6.45, 7) is 8.60. The molecule has 5 nitrogen and oxygen atoms in total. The van der Waals surface area contributed by atoms with E-state index in [4.69, 9.17) is 24.7 Å². The van der Waals surface area contributed by atoms with Crippen molar-refractivity contribution >= 4 is 0 Å². The van der Waals surface area contributed by atoms with Gasteiger partial charge in [-0.05, 0) is 19.3 Å². The first-order valence-electron chi connectivity index (χ1n) is 7.84. The average molecular weight is 289 g/mol. The lowest BCUT2D eigenvalue weighted by molar-refractivity contribution is 0.00745. The molecule has 1 heterocycles. The van der Waals surface area contributed by atoms with Gasteiger partial charge in [0, 0.05) is 31.8 Å². The van der Waals surface area contributed by atoms with Crippen molar-refractivity contribution in [1.82, 2.24) is 0 Å². The SMILES string of the molecule is CCCCOCCOCCOCCC1(CN)CCOC1. The Morgan fingerprint density at radius 2 is 1.65 bits per heavy atom. The second-order valence-electron chi connectivity index (χ2n) is 5.45. The molecule has 20 heavy (non-hydrogen) atoms. The van der Waals surface area contributed by atoms with Crippen LogP contribution in [0.25, 0.3) is 0 Å². The summed E-state index contributed by atoms with van der Waals surface area (Å²) < 4.78 is 21.9. The molecular weight excluding hydrogens is 258 g/mol. The fraction of sp³-hybridized carbons (Fsp3) is 1.00. The summed E-state index contributed by atoms with van der Waals surface area (Å²) in [5, 5.41) is 0. The van der Waals surface area contributed by atoms with E-state index in [1.165, 1.54) is 6.42 Å². The van der Waals surface area contributed by atoms with Crippen LogP contribution in [-0.4, -0.2) is 59.4 Å². The van der Waals surface area contributed by atoms with Crippen LogP contribution in [0.3, 0.4) is 0 Å². The molecule has 1 rings (SSSR count). The molecule has 1 atom stereocenters. The summed E-state index contributed by atoms with van der Waals surface area (Å²) >= 11 is 0. The smallest absolute Gasteiger partial charge is 0.0701 e. The van der Waals surface area contributed by atoms with Gasteiger partial charge >= 0.3 is 0 Å². The Hall–Kier alpha value is -0.200. The van der Waals surface area contributed by atoms with Crippen LogP contribution in [0.1, 0.15) is 32.6 Å². The van der Waals surface area contributed by atoms with E-state index in [0.717, 1.165) is 45.7 Å². The molecule has 0 radical (unpaired) electrons. The molecule has 0 amide bonds. The highest BCUT2D eigenvalue weighted by atomic mass is 16.5. The molecule has 1 saturated heterocycles. The number of rotatable bonds is 13. The standard InChI is InChI=1S/C15H31NO4/c1-2-3-6-17-9-11-19-12-10-18-7-4-15(13-16)5-8-20-14-15/h2-14,16H2,1H3. The van der Waals surface area contributed by atoms with Gasteiger partial charge in [-0.3, -0.25) is 0 Å². The number of ether oxygens (including phenoxy) is 4. The van der Waals surface area contributed by atoms with Crippen molar-refractivity contribution in [2.75, 3.05) is 59.4 Å². The Morgan fingerprint density at radius 1 is 1.00 bits per heavy atom. The maximum Gasteiger partial charge on any atom is 0.0701 e. The van der Waals surface area contributed by atoms with E-state index < -0.39 is 0 Å². The molecule has 1 fully saturated rings. The van der Waals surface area contributed by atoms with E-state index >= 15 is 0 Å². The molecule has 0 aromatic rings. The fourth-order valence-corrected chi connectivity index (χ4v) is 2.19. The molecule has 0 bridgehead atoms. The Labute approximate surface area is 123 Å². The lowest BCUT2D eigenvalue weighted by atomic mass is 9.84. The van der Waals surface area contributed by atoms with Crippen molar-refractivity contribution < 1.29 is 18.9 Å². The van der Waals surface area contributed by atoms with Gasteiger partial charge in [-0.1, -0.05) is 13.3 Å². The largest absolute Gasteiger partial charge is 0.381 e. The Morgan fingerprint density at radius 3 is 2.20 bits per heavy atom. The minimum absolute atomic E-state index is 0.147. The van der Waals surface area contributed by atoms with Gasteiger partial charge < -0.3 is 24.7 Å². The first kappa shape index (κ1) is 17.9. The van der Waals surface area contributed by atoms with E-state index in [1.807, 2.05) is 0 Å². The van der Waals surface area contributed by atoms with Gasteiger partial charge in [-0.25, -0.2) is 0 Å². The molecule has 1 aliphatic rings. The summed E-state index contributed by atoms with van der Waals surface area (Å²) in [4.78, 5) is 0. The highest BCUT2D eigenvalue weighted by Gasteiger charge is 2.32. The number of unbranched alkanes of at least 4 members (excludes halogenated alkanes) is 1. The third-order valence-corrected chi connectivity index (χ3v) is 3.78. The van der Waals surface area contributed by atoms with E-state index in [2.05, 4.69) is 6.92 Å². The van der Waals surface area contributed by atoms with Crippen molar-refractivity contribution in [2.24, 2.45) is 11.1 Å². The van der Waals surface area contributed by atoms with Crippen molar-refractivity contribution in [3.05, 3.63) is 0 Å². The highest BCUT2D eigenvalue weighted by Crippen LogP contribution is 2.30. The maximum absolute atomic E-state index is 5.83. The zero-order valence-corrected chi connectivity index (χ0v) is 12.9. The predicted octanol–water partition coefficient (Wildman–Crippen LogP) is 1.59. The second-order valence-corrected chi connectivity index (χ2v) is 5.45. The molecule has 0 saturated carbocycles. The van der Waals surface area contributed by atoms with Gasteiger partial charge in [-0.2, -0.15) is 0 Å². The fourth-order valence-electron chi connectivity index (χ4n) is 2.19. The third kappa shape index (κ3) is 7.55. The maximum atomic E-state index is 5.83. The average Bonchev–Trinajstić information content (AvgIpc) is 2.94. The van der Waals surface area contributed by atoms with Crippen LogP contribution < -0.4 is 5.73 Å². The zero-order chi connectivity index (χ0) is 14.5. The summed E-state index contributed by atoms with van der Waals surface area (Å²) in [6, 6.07) is 0. The van der Waals surface area contributed by atoms with Crippen molar-refractivity contribution in [2.45, 2.75) is 32.6 Å². The van der Waals surface area contributed by atoms with E-state index in [9.17, 15) is 0 Å². The highest BCUT2D eigenvalue weighted by molar-refractivity contribution is 4.83. The molecule has 1 aliphatic heterocycles. The normalized spacial score (nSPS) is 22.5. The lowest BCUT2D eigenvalue weighted by Crippen LogP contribution is -2.32. The minimum atomic E-state index is 0.147. The molecule has 0 aliphatic carbocycles. The van der Waals surface area contributed by atoms with Gasteiger partial charge in [0.2, 0.25) is 0 Å². The van der Waals surface area contributed by atoms with Crippen LogP contribution in [-0.2, 0) is 18.9 Å². The third-order valence-electron chi connectivity index (χ3n) is 3.78. The molecule has 0 aromatic heterocycles. The zero-order valence-electron chi connectivity index (χ0n) is 12.9. The van der Waals surface area contributed by atoms with E-state index in [-0.39, 0.29) is 5.41 Å². The second kappa shape index (κ2) is 11.5. The lowest BCUT2D eigenvalue weighted by Gasteiger charge is -2.24. The molecule has 2 N–H and O–H groups in total. The van der Waals surface area contributed by atoms with Gasteiger partial charge in [0.05, 0.1) is 33.0 Å². The Balaban J connectivity index is 1.83. The quantitative estimate of drug-likeness (QED) is 0.522. The van der Waals surface area contributed by atoms with Crippen LogP contribution in [0.5, 0.6) is 0 Å². The molecule has 1 unspecified atom stereocenters. The topological polar surface area (TPSA) is 62.9 Å². The summed E-state index contributed by atoms with van der Waals surface area (Å²) in [7, 11) is 0. The molecular formula is C15H31NO4. The van der Waals surface area contributed by atoms with Crippen molar-refractivity contribution in [3.8, 4) is 0 Å². The Kier molecular flexibility index (Phi) is 10.2. The monoisotopic (exact) mass is 289 g/mol. The minimum Gasteiger partial charge on any atom is -0.381 e. The van der Waals surface area contributed by atoms with Crippen LogP contribution in [0.2, 0.25) is 0 Å². The first-order valence-corrected chi connectivity index (χ1v) is 7.84. The number of hydrogen-bond acceptors (Lipinski definition) is 5.